The van der Waals surface area contributed by atoms with Crippen LogP contribution in [0.2, 0.25) is 0 Å². The van der Waals surface area contributed by atoms with Crippen molar-refractivity contribution >= 4 is 11.9 Å². The Morgan fingerprint density at radius 1 is 1.27 bits per heavy atom. The highest BCUT2D eigenvalue weighted by molar-refractivity contribution is 5.96. The molecule has 1 heterocycles. The minimum absolute atomic E-state index is 0.0544. The lowest BCUT2D eigenvalue weighted by molar-refractivity contribution is -0.140. The first-order valence-electron chi connectivity index (χ1n) is 8.06. The third-order valence-corrected chi connectivity index (χ3v) is 4.24. The van der Waals surface area contributed by atoms with Gasteiger partial charge in [-0.3, -0.25) is 4.79 Å². The van der Waals surface area contributed by atoms with Crippen molar-refractivity contribution in [2.45, 2.75) is 38.2 Å². The summed E-state index contributed by atoms with van der Waals surface area (Å²) in [6.07, 6.45) is -2.03. The fourth-order valence-electron chi connectivity index (χ4n) is 3.07. The molecule has 1 amide bonds. The van der Waals surface area contributed by atoms with Crippen molar-refractivity contribution in [1.82, 2.24) is 15.1 Å². The van der Waals surface area contributed by atoms with Gasteiger partial charge in [-0.15, -0.1) is 0 Å². The number of aliphatic carboxylic acids is 1. The Kier molecular flexibility index (Phi) is 4.97. The standard InChI is InChI=1S/C17H16F3N3O3/c18-10-5-1-2-6-13(10)23-12-7-3-4-9(12)15(22-23)16(24)21-11(17(25)26)8-14(19)20/h1-2,5-6,11,14H,3-4,7-8H2,(H,21,24)(H,25,26). The minimum Gasteiger partial charge on any atom is -0.480 e. The summed E-state index contributed by atoms with van der Waals surface area (Å²) in [4.78, 5) is 23.5. The zero-order valence-corrected chi connectivity index (χ0v) is 13.6. The topological polar surface area (TPSA) is 84.2 Å². The number of carbonyl (C=O) groups excluding carboxylic acids is 1. The van der Waals surface area contributed by atoms with E-state index in [0.717, 1.165) is 6.42 Å². The van der Waals surface area contributed by atoms with Gasteiger partial charge in [-0.25, -0.2) is 22.6 Å². The normalized spacial score (nSPS) is 14.3. The number of benzene rings is 1. The van der Waals surface area contributed by atoms with Crippen molar-refractivity contribution in [3.63, 3.8) is 0 Å². The van der Waals surface area contributed by atoms with Crippen LogP contribution in [0.3, 0.4) is 0 Å². The van der Waals surface area contributed by atoms with E-state index in [-0.39, 0.29) is 11.4 Å². The fraction of sp³-hybridized carbons (Fsp3) is 0.353. The first-order chi connectivity index (χ1) is 12.4. The average Bonchev–Trinajstić information content (AvgIpc) is 3.16. The van der Waals surface area contributed by atoms with Crippen molar-refractivity contribution in [1.29, 1.82) is 0 Å². The van der Waals surface area contributed by atoms with E-state index in [2.05, 4.69) is 10.4 Å². The third-order valence-electron chi connectivity index (χ3n) is 4.24. The van der Waals surface area contributed by atoms with E-state index in [9.17, 15) is 22.8 Å². The number of rotatable bonds is 6. The highest BCUT2D eigenvalue weighted by Crippen LogP contribution is 2.28. The molecule has 1 atom stereocenters. The molecule has 1 aliphatic carbocycles. The van der Waals surface area contributed by atoms with Crippen LogP contribution in [0, 0.1) is 5.82 Å². The van der Waals surface area contributed by atoms with E-state index >= 15 is 0 Å². The predicted molar refractivity (Wildman–Crippen MR) is 85.1 cm³/mol. The predicted octanol–water partition coefficient (Wildman–Crippen LogP) is 2.34. The summed E-state index contributed by atoms with van der Waals surface area (Å²) in [6, 6.07) is 4.21. The summed E-state index contributed by atoms with van der Waals surface area (Å²) in [5, 5.41) is 15.2. The van der Waals surface area contributed by atoms with E-state index in [1.165, 1.54) is 22.9 Å². The smallest absolute Gasteiger partial charge is 0.326 e. The van der Waals surface area contributed by atoms with Gasteiger partial charge in [0.2, 0.25) is 6.43 Å². The Balaban J connectivity index is 1.94. The van der Waals surface area contributed by atoms with Crippen LogP contribution < -0.4 is 5.32 Å². The monoisotopic (exact) mass is 367 g/mol. The van der Waals surface area contributed by atoms with Crippen molar-refractivity contribution in [2.75, 3.05) is 0 Å². The van der Waals surface area contributed by atoms with Crippen LogP contribution in [-0.4, -0.2) is 39.2 Å². The highest BCUT2D eigenvalue weighted by atomic mass is 19.3. The molecule has 0 saturated heterocycles. The SMILES string of the molecule is O=C(NC(CC(F)F)C(=O)O)c1nn(-c2ccccc2F)c2c1CCC2. The molecule has 6 nitrogen and oxygen atoms in total. The van der Waals surface area contributed by atoms with E-state index in [0.29, 0.717) is 24.1 Å². The molecular weight excluding hydrogens is 351 g/mol. The summed E-state index contributed by atoms with van der Waals surface area (Å²) < 4.78 is 40.4. The van der Waals surface area contributed by atoms with Crippen LogP contribution in [0.4, 0.5) is 13.2 Å². The van der Waals surface area contributed by atoms with Gasteiger partial charge < -0.3 is 10.4 Å². The Morgan fingerprint density at radius 3 is 2.65 bits per heavy atom. The molecule has 1 aromatic carbocycles. The number of alkyl halides is 2. The summed E-state index contributed by atoms with van der Waals surface area (Å²) in [6.45, 7) is 0. The number of halogens is 3. The number of nitrogens with zero attached hydrogens (tertiary/aromatic N) is 2. The van der Waals surface area contributed by atoms with Crippen LogP contribution in [-0.2, 0) is 17.6 Å². The maximum atomic E-state index is 14.1. The van der Waals surface area contributed by atoms with Gasteiger partial charge in [-0.1, -0.05) is 12.1 Å². The van der Waals surface area contributed by atoms with E-state index in [1.807, 2.05) is 0 Å². The van der Waals surface area contributed by atoms with Crippen LogP contribution in [0.5, 0.6) is 0 Å². The number of fused-ring (bicyclic) bond motifs is 1. The quantitative estimate of drug-likeness (QED) is 0.821. The second-order valence-corrected chi connectivity index (χ2v) is 5.98. The molecule has 1 aliphatic rings. The summed E-state index contributed by atoms with van der Waals surface area (Å²) in [7, 11) is 0. The van der Waals surface area contributed by atoms with Crippen molar-refractivity contribution < 1.29 is 27.9 Å². The number of hydrogen-bond donors (Lipinski definition) is 2. The first kappa shape index (κ1) is 18.0. The molecule has 0 spiro atoms. The molecular formula is C17H16F3N3O3. The molecule has 0 bridgehead atoms. The minimum atomic E-state index is -2.88. The van der Waals surface area contributed by atoms with E-state index < -0.39 is 36.6 Å². The largest absolute Gasteiger partial charge is 0.480 e. The first-order valence-corrected chi connectivity index (χ1v) is 8.06. The zero-order valence-electron chi connectivity index (χ0n) is 13.6. The van der Waals surface area contributed by atoms with Gasteiger partial charge >= 0.3 is 5.97 Å². The lowest BCUT2D eigenvalue weighted by Gasteiger charge is -2.13. The Morgan fingerprint density at radius 2 is 2.00 bits per heavy atom. The van der Waals surface area contributed by atoms with Crippen LogP contribution in [0.25, 0.3) is 5.69 Å². The average molecular weight is 367 g/mol. The Labute approximate surface area is 146 Å². The second kappa shape index (κ2) is 7.19. The van der Waals surface area contributed by atoms with Crippen molar-refractivity contribution in [3.8, 4) is 5.69 Å². The number of hydrogen-bond acceptors (Lipinski definition) is 3. The molecule has 2 aromatic rings. The van der Waals surface area contributed by atoms with Crippen molar-refractivity contribution in [3.05, 3.63) is 47.0 Å². The van der Waals surface area contributed by atoms with Crippen LogP contribution in [0.15, 0.2) is 24.3 Å². The number of nitrogens with one attached hydrogen (secondary N) is 1. The maximum absolute atomic E-state index is 14.1. The summed E-state index contributed by atoms with van der Waals surface area (Å²) in [5.41, 5.74) is 1.38. The molecule has 26 heavy (non-hydrogen) atoms. The van der Waals surface area contributed by atoms with Crippen LogP contribution in [0.1, 0.15) is 34.6 Å². The van der Waals surface area contributed by atoms with Crippen LogP contribution >= 0.6 is 0 Å². The molecule has 0 radical (unpaired) electrons. The van der Waals surface area contributed by atoms with Gasteiger partial charge in [0, 0.05) is 17.7 Å². The Hall–Kier alpha value is -2.84. The van der Waals surface area contributed by atoms with Gasteiger partial charge in [0.1, 0.15) is 17.5 Å². The van der Waals surface area contributed by atoms with E-state index in [1.54, 1.807) is 6.07 Å². The molecule has 0 fully saturated rings. The van der Waals surface area contributed by atoms with Gasteiger partial charge in [0.15, 0.2) is 5.69 Å². The number of amides is 1. The van der Waals surface area contributed by atoms with Gasteiger partial charge in [0.05, 0.1) is 0 Å². The molecule has 0 aliphatic heterocycles. The van der Waals surface area contributed by atoms with Gasteiger partial charge in [-0.05, 0) is 31.4 Å². The van der Waals surface area contributed by atoms with E-state index in [4.69, 9.17) is 5.11 Å². The summed E-state index contributed by atoms with van der Waals surface area (Å²) in [5.74, 6) is -2.92. The number of aromatic nitrogens is 2. The molecule has 138 valence electrons. The fourth-order valence-corrected chi connectivity index (χ4v) is 3.07. The number of carbonyl (C=O) groups is 2. The van der Waals surface area contributed by atoms with Gasteiger partial charge in [-0.2, -0.15) is 5.10 Å². The number of para-hydroxylation sites is 1. The third kappa shape index (κ3) is 3.42. The molecule has 1 unspecified atom stereocenters. The maximum Gasteiger partial charge on any atom is 0.326 e. The summed E-state index contributed by atoms with van der Waals surface area (Å²) >= 11 is 0. The second-order valence-electron chi connectivity index (χ2n) is 5.98. The molecule has 1 aromatic heterocycles. The zero-order chi connectivity index (χ0) is 18.8. The number of carboxylic acid groups (broad SMARTS) is 1. The molecule has 9 heteroatoms. The highest BCUT2D eigenvalue weighted by Gasteiger charge is 2.31. The number of carboxylic acids is 1. The van der Waals surface area contributed by atoms with Gasteiger partial charge in [0.25, 0.3) is 5.91 Å². The van der Waals surface area contributed by atoms with Crippen molar-refractivity contribution in [2.24, 2.45) is 0 Å². The lowest BCUT2D eigenvalue weighted by atomic mass is 10.1. The Bertz CT molecular complexity index is 851. The molecule has 0 saturated carbocycles. The molecule has 2 N–H and O–H groups in total. The lowest BCUT2D eigenvalue weighted by Crippen LogP contribution is -2.42. The molecule has 3 rings (SSSR count).